The van der Waals surface area contributed by atoms with Crippen LogP contribution in [-0.4, -0.2) is 170 Å². The van der Waals surface area contributed by atoms with E-state index in [2.05, 4.69) is 81.3 Å². The van der Waals surface area contributed by atoms with Gasteiger partial charge in [0.15, 0.2) is 0 Å². The topological polar surface area (TPSA) is 510 Å². The maximum absolute atomic E-state index is 12.9. The molecule has 0 aliphatic heterocycles. The molecule has 36 heteroatoms. The molecule has 0 atom stereocenters. The fourth-order valence-electron chi connectivity index (χ4n) is 7.80. The summed E-state index contributed by atoms with van der Waals surface area (Å²) in [5.74, 6) is -0.841. The van der Waals surface area contributed by atoms with Gasteiger partial charge in [0.1, 0.15) is 52.3 Å². The van der Waals surface area contributed by atoms with Crippen LogP contribution in [0, 0.1) is 63.3 Å². The molecule has 9 aromatic rings. The number of aliphatic imine (C=N–C) groups is 7. The van der Waals surface area contributed by atoms with Gasteiger partial charge in [-0.3, -0.25) is 81.4 Å². The SMILES string of the molecule is CC(=O)CC(=N)CN=Cc1ccccc1Cl.COC(=O)CC(=N)CN=Cc1ccccc1Cl.Cc1ccccc1C=NCC(=N)N.Cc1nnc(N/N=C/c2ccccc2Cl)[nH]c1=O.N=C(N)CN=Cc1ccc(F)cc1Cl.N=C(N)CN=Cc1ccccc1Br.N=C(N)CN=Cc1ccccc1Cl.N=C(N)CN=Cc1ccccc1F. The van der Waals surface area contributed by atoms with Crippen molar-refractivity contribution in [3.05, 3.63) is 295 Å². The number of nitrogens with one attached hydrogen (secondary N) is 9. The molecule has 19 N–H and O–H groups in total. The number of halogens is 8. The monoisotopic (exact) mass is 1750 g/mol. The minimum atomic E-state index is -0.428. The lowest BCUT2D eigenvalue weighted by Crippen LogP contribution is -2.15. The van der Waals surface area contributed by atoms with Gasteiger partial charge in [-0.05, 0) is 86.5 Å². The number of anilines is 1. The van der Waals surface area contributed by atoms with Crippen molar-refractivity contribution >= 4 is 182 Å². The van der Waals surface area contributed by atoms with Crippen molar-refractivity contribution in [1.82, 2.24) is 15.2 Å². The zero-order valence-corrected chi connectivity index (χ0v) is 69.3. The molecule has 1 heterocycles. The Hall–Kier alpha value is -12.7. The van der Waals surface area contributed by atoms with Crippen molar-refractivity contribution in [2.75, 3.05) is 58.3 Å². The number of aryl methyl sites for hydroxylation is 2. The summed E-state index contributed by atoms with van der Waals surface area (Å²) in [7, 11) is 1.29. The number of aromatic nitrogens is 3. The van der Waals surface area contributed by atoms with Gasteiger partial charge in [0.05, 0.1) is 70.6 Å². The molecular formula is C81H88BrCl5F2N24O4. The zero-order chi connectivity index (χ0) is 86.9. The highest BCUT2D eigenvalue weighted by Crippen LogP contribution is 2.18. The van der Waals surface area contributed by atoms with E-state index in [4.69, 9.17) is 125 Å². The van der Waals surface area contributed by atoms with Crippen LogP contribution in [0.1, 0.15) is 75.5 Å². The number of aromatic amines is 1. The molecular weight excluding hydrogens is 1670 g/mol. The average Bonchev–Trinajstić information content (AvgIpc) is 0.919. The summed E-state index contributed by atoms with van der Waals surface area (Å²) in [4.78, 5) is 63.1. The normalized spacial score (nSPS) is 10.6. The Labute approximate surface area is 709 Å². The van der Waals surface area contributed by atoms with Crippen molar-refractivity contribution in [3.63, 3.8) is 0 Å². The molecule has 1 aromatic heterocycles. The van der Waals surface area contributed by atoms with Crippen LogP contribution < -0.4 is 39.7 Å². The summed E-state index contributed by atoms with van der Waals surface area (Å²) in [6.45, 7) is 6.43. The smallest absolute Gasteiger partial charge is 0.311 e. The second-order valence-electron chi connectivity index (χ2n) is 23.4. The predicted octanol–water partition coefficient (Wildman–Crippen LogP) is 14.5. The van der Waals surface area contributed by atoms with Crippen molar-refractivity contribution < 1.29 is 23.1 Å². The second kappa shape index (κ2) is 59.1. The minimum absolute atomic E-state index is 0.0158. The predicted molar refractivity (Wildman–Crippen MR) is 482 cm³/mol. The Kier molecular flexibility index (Phi) is 50.7. The Morgan fingerprint density at radius 2 is 0.778 bits per heavy atom. The van der Waals surface area contributed by atoms with Crippen LogP contribution in [0.2, 0.25) is 25.1 Å². The first-order valence-electron chi connectivity index (χ1n) is 34.3. The number of ketones is 1. The van der Waals surface area contributed by atoms with Gasteiger partial charge in [0, 0.05) is 125 Å². The van der Waals surface area contributed by atoms with Gasteiger partial charge in [-0.1, -0.05) is 207 Å². The van der Waals surface area contributed by atoms with Crippen LogP contribution in [-0.2, 0) is 14.3 Å². The van der Waals surface area contributed by atoms with E-state index in [1.165, 1.54) is 62.5 Å². The lowest BCUT2D eigenvalue weighted by atomic mass is 10.1. The molecule has 0 saturated carbocycles. The highest BCUT2D eigenvalue weighted by molar-refractivity contribution is 9.10. The van der Waals surface area contributed by atoms with Crippen molar-refractivity contribution in [2.24, 2.45) is 68.7 Å². The number of rotatable bonds is 28. The van der Waals surface area contributed by atoms with Gasteiger partial charge in [-0.2, -0.15) is 5.10 Å². The van der Waals surface area contributed by atoms with Crippen LogP contribution >= 0.6 is 73.9 Å². The number of amidine groups is 5. The first kappa shape index (κ1) is 100. The molecule has 0 spiro atoms. The number of hydrazone groups is 1. The summed E-state index contributed by atoms with van der Waals surface area (Å²) in [6.07, 6.45) is 12.8. The molecule has 0 fully saturated rings. The Morgan fingerprint density at radius 3 is 1.15 bits per heavy atom. The molecule has 9 rings (SSSR count). The maximum Gasteiger partial charge on any atom is 0.311 e. The molecule has 0 aliphatic rings. The molecule has 0 radical (unpaired) electrons. The van der Waals surface area contributed by atoms with Crippen LogP contribution in [0.25, 0.3) is 0 Å². The first-order valence-corrected chi connectivity index (χ1v) is 37.0. The third-order valence-electron chi connectivity index (χ3n) is 13.3. The highest BCUT2D eigenvalue weighted by atomic mass is 79.9. The number of benzene rings is 8. The van der Waals surface area contributed by atoms with Crippen molar-refractivity contribution in [2.45, 2.75) is 33.6 Å². The van der Waals surface area contributed by atoms with Crippen molar-refractivity contribution in [1.29, 1.82) is 37.9 Å². The molecule has 0 saturated heterocycles. The van der Waals surface area contributed by atoms with Gasteiger partial charge in [0.2, 0.25) is 5.95 Å². The molecule has 0 aliphatic carbocycles. The largest absolute Gasteiger partial charge is 0.469 e. The second-order valence-corrected chi connectivity index (χ2v) is 26.3. The third kappa shape index (κ3) is 48.2. The van der Waals surface area contributed by atoms with Gasteiger partial charge in [-0.25, -0.2) is 14.2 Å². The van der Waals surface area contributed by atoms with Crippen LogP contribution in [0.4, 0.5) is 14.7 Å². The third-order valence-corrected chi connectivity index (χ3v) is 15.8. The number of nitrogens with two attached hydrogens (primary N) is 5. The number of methoxy groups -OCH3 is 1. The van der Waals surface area contributed by atoms with E-state index in [0.29, 0.717) is 42.6 Å². The van der Waals surface area contributed by atoms with Crippen molar-refractivity contribution in [3.8, 4) is 0 Å². The van der Waals surface area contributed by atoms with E-state index < -0.39 is 11.8 Å². The Balaban J connectivity index is 0.000000455. The molecule has 28 nitrogen and oxygen atoms in total. The number of nitrogens with zero attached hydrogens (tertiary/aromatic N) is 10. The lowest BCUT2D eigenvalue weighted by molar-refractivity contribution is -0.139. The molecule has 8 aromatic carbocycles. The lowest BCUT2D eigenvalue weighted by Gasteiger charge is -1.99. The fourth-order valence-corrected chi connectivity index (χ4v) is 9.14. The van der Waals surface area contributed by atoms with E-state index in [1.54, 1.807) is 80.5 Å². The summed E-state index contributed by atoms with van der Waals surface area (Å²) in [6, 6.07) is 55.3. The first-order chi connectivity index (χ1) is 55.8. The quantitative estimate of drug-likeness (QED) is 0.00942. The summed E-state index contributed by atoms with van der Waals surface area (Å²) in [5, 5.41) is 63.7. The zero-order valence-electron chi connectivity index (χ0n) is 63.9. The Bertz CT molecular complexity index is 4810. The fraction of sp³-hybridized carbons (Fsp3) is 0.160. The number of carbonyl (C=O) groups is 2. The molecule has 117 heavy (non-hydrogen) atoms. The van der Waals surface area contributed by atoms with Gasteiger partial charge >= 0.3 is 5.97 Å². The maximum atomic E-state index is 12.9. The average molecular weight is 1760 g/mol. The number of carbonyl (C=O) groups excluding carboxylic acids is 2. The van der Waals surface area contributed by atoms with E-state index >= 15 is 0 Å². The van der Waals surface area contributed by atoms with E-state index in [9.17, 15) is 23.2 Å². The van der Waals surface area contributed by atoms with Gasteiger partial charge in [-0.15, -0.1) is 10.2 Å². The van der Waals surface area contributed by atoms with Crippen LogP contribution in [0.15, 0.2) is 237 Å². The molecule has 0 unspecified atom stereocenters. The number of ether oxygens (including phenoxy) is 1. The number of H-pyrrole nitrogens is 1. The van der Waals surface area contributed by atoms with Crippen LogP contribution in [0.5, 0.6) is 0 Å². The van der Waals surface area contributed by atoms with Gasteiger partial charge in [0.25, 0.3) is 5.56 Å². The van der Waals surface area contributed by atoms with E-state index in [0.717, 1.165) is 37.9 Å². The molecule has 0 amide bonds. The summed E-state index contributed by atoms with van der Waals surface area (Å²) in [5.41, 5.74) is 36.2. The van der Waals surface area contributed by atoms with Gasteiger partial charge < -0.3 is 44.2 Å². The summed E-state index contributed by atoms with van der Waals surface area (Å²) < 4.78 is 31.0. The standard InChI is InChI=1S/C12H13ClN2O2.C12H13ClN2O.C11H10ClN5O.C10H13N3.C9H10BrN3.C9H9ClFN3.C9H10ClN3.C9H10FN3/c1-17-12(16)6-10(14)8-15-7-9-4-2-3-5-11(9)13;1-9(16)6-11(14)8-15-7-10-4-2-3-5-12(10)13;1-7-10(18)14-11(17-15-7)16-13-6-8-4-2-3-5-9(8)12;1-8-4-2-3-5-9(8)6-13-7-10(11)12;10-8-4-2-1-3-7(8)5-13-6-9(11)12;10-8-3-7(11)2-1-6(8)4-14-5-9(12)13;2*10-8-4-2-1-3-7(8)5-13-6-9(11)12/h2-5,7,14H,6,8H2,1H3;2-5,7,14H,6,8H2,1H3;2-6H,1H3,(H2,14,16,17,18);2-6H,7H2,1H3,(H3,11,12);1-5H,6H2,(H3,11,12);1-4H,5H2,(H3,12,13);2*1-5H,6H2,(H3,11,12)/b;;13-6+;;;;;. The summed E-state index contributed by atoms with van der Waals surface area (Å²) >= 11 is 32.8. The molecule has 0 bridgehead atoms. The number of hydrogen-bond acceptors (Lipinski definition) is 22. The minimum Gasteiger partial charge on any atom is -0.469 e. The van der Waals surface area contributed by atoms with E-state index in [-0.39, 0.29) is 122 Å². The number of hydrogen-bond donors (Lipinski definition) is 14. The Morgan fingerprint density at radius 1 is 0.444 bits per heavy atom. The molecule has 612 valence electrons. The highest BCUT2D eigenvalue weighted by Gasteiger charge is 2.07. The van der Waals surface area contributed by atoms with E-state index in [1.807, 2.05) is 128 Å². The van der Waals surface area contributed by atoms with Crippen LogP contribution in [0.3, 0.4) is 0 Å². The number of Topliss-reactive ketones (excluding diaryl/α,β-unsaturated/α-hetero) is 1. The number of esters is 1.